The lowest BCUT2D eigenvalue weighted by atomic mass is 9.52. The lowest BCUT2D eigenvalue weighted by Crippen LogP contribution is -2.70. The van der Waals surface area contributed by atoms with Crippen LogP contribution in [-0.2, 0) is 39.6 Å². The molecule has 2 unspecified atom stereocenters. The van der Waals surface area contributed by atoms with E-state index in [2.05, 4.69) is 53.7 Å². The summed E-state index contributed by atoms with van der Waals surface area (Å²) in [7, 11) is -0.0167. The van der Waals surface area contributed by atoms with E-state index in [4.69, 9.17) is 23.4 Å². The minimum absolute atomic E-state index is 0. The average molecular weight is 710 g/mol. The predicted octanol–water partition coefficient (Wildman–Crippen LogP) is 9.43. The van der Waals surface area contributed by atoms with E-state index in [-0.39, 0.29) is 68.7 Å². The molecule has 0 bridgehead atoms. The Morgan fingerprint density at radius 3 is 1.84 bits per heavy atom. The van der Waals surface area contributed by atoms with Crippen molar-refractivity contribution < 1.29 is 37.3 Å². The highest BCUT2D eigenvalue weighted by Crippen LogP contribution is 2.51. The molecule has 0 N–H and O–H groups in total. The molecule has 3 heterocycles. The Bertz CT molecular complexity index is 1260. The van der Waals surface area contributed by atoms with Crippen molar-refractivity contribution in [1.82, 2.24) is 0 Å². The van der Waals surface area contributed by atoms with Crippen LogP contribution < -0.4 is 0 Å². The molecule has 4 atom stereocenters. The normalized spacial score (nSPS) is 33.0. The van der Waals surface area contributed by atoms with Crippen LogP contribution in [0.15, 0.2) is 30.3 Å². The van der Waals surface area contributed by atoms with Crippen LogP contribution in [0.25, 0.3) is 0 Å². The second-order valence-corrected chi connectivity index (χ2v) is 18.0. The van der Waals surface area contributed by atoms with Gasteiger partial charge in [-0.3, -0.25) is 9.59 Å². The molecule has 51 heavy (non-hydrogen) atoms. The zero-order chi connectivity index (χ0) is 35.6. The third kappa shape index (κ3) is 8.60. The minimum Gasteiger partial charge on any atom is -0.600 e. The third-order valence-electron chi connectivity index (χ3n) is 13.9. The van der Waals surface area contributed by atoms with Gasteiger partial charge in [0.1, 0.15) is 19.2 Å². The summed E-state index contributed by atoms with van der Waals surface area (Å²) in [4.78, 5) is 25.5. The summed E-state index contributed by atoms with van der Waals surface area (Å²) in [5, 5.41) is 0. The maximum absolute atomic E-state index is 12.8. The van der Waals surface area contributed by atoms with Crippen LogP contribution in [0.2, 0.25) is 11.6 Å². The standard InChI is InChI=1S/C25H36BNO5.C15H29BO2.CH4/c1-19(15-20-9-4-2-5-10-20)26-27(16-24(28)31-26,17-25(29)32-26)22-13-8-14-23(22)30-18-21-11-6-3-7-12-21;1-12(11-13-9-7-6-8-10-13)16-17-14(2,3)15(4,5)18-16;/h3,6-7,11-12,19-20,22-23H,2,4-5,8-10,13-18H2,1H3;12-13H,6-11H2,1-5H3;1H4/t19-,22?,23-,26?,27?;;/m0../s1. The predicted molar refractivity (Wildman–Crippen MR) is 205 cm³/mol. The van der Waals surface area contributed by atoms with Gasteiger partial charge in [-0.2, -0.15) is 0 Å². The number of benzene rings is 1. The first-order chi connectivity index (χ1) is 23.8. The summed E-state index contributed by atoms with van der Waals surface area (Å²) in [5.41, 5.74) is 0.778. The molecular formula is C41H69B2NO7. The van der Waals surface area contributed by atoms with Gasteiger partial charge in [-0.1, -0.05) is 122 Å². The molecule has 0 aromatic heterocycles. The maximum Gasteiger partial charge on any atom is 0.587 e. The van der Waals surface area contributed by atoms with Crippen LogP contribution in [0.5, 0.6) is 0 Å². The van der Waals surface area contributed by atoms with Crippen LogP contribution in [-0.4, -0.2) is 66.6 Å². The fraction of sp³-hybridized carbons (Fsp3) is 0.805. The number of carbonyl (C=O) groups excluding carboxylic acids is 2. The molecule has 0 radical (unpaired) electrons. The van der Waals surface area contributed by atoms with Crippen LogP contribution >= 0.6 is 0 Å². The summed E-state index contributed by atoms with van der Waals surface area (Å²) in [5.74, 6) is 1.63. The Morgan fingerprint density at radius 1 is 0.765 bits per heavy atom. The second-order valence-electron chi connectivity index (χ2n) is 18.0. The van der Waals surface area contributed by atoms with Gasteiger partial charge in [-0.25, -0.2) is 0 Å². The van der Waals surface area contributed by atoms with E-state index in [9.17, 15) is 9.59 Å². The fourth-order valence-electron chi connectivity index (χ4n) is 10.5. The number of rotatable bonds is 10. The first kappa shape index (κ1) is 40.3. The minimum atomic E-state index is -2.06. The molecule has 1 aromatic carbocycles. The average Bonchev–Trinajstić information content (AvgIpc) is 3.80. The smallest absolute Gasteiger partial charge is 0.587 e. The SMILES string of the molecule is C.CC(CC1CCCCC1)B1OC(C)(C)C(C)(C)O1.C[C@@H](CC1CCCCC1)[B-]12OC(=O)C[N+]1(C1CCC[C@@H]1OCc1ccccc1)CC(=O)O2. The van der Waals surface area contributed by atoms with Gasteiger partial charge >= 0.3 is 25.7 Å². The molecule has 3 aliphatic carbocycles. The van der Waals surface area contributed by atoms with Crippen molar-refractivity contribution in [3.8, 4) is 0 Å². The molecule has 1 aromatic rings. The number of hydrogen-bond acceptors (Lipinski definition) is 7. The molecule has 3 saturated heterocycles. The molecule has 10 heteroatoms. The van der Waals surface area contributed by atoms with Crippen molar-refractivity contribution in [3.63, 3.8) is 0 Å². The summed E-state index contributed by atoms with van der Waals surface area (Å²) >= 11 is 0. The van der Waals surface area contributed by atoms with E-state index in [1.165, 1.54) is 70.6 Å². The quantitative estimate of drug-likeness (QED) is 0.224. The van der Waals surface area contributed by atoms with E-state index in [0.717, 1.165) is 37.2 Å². The Kier molecular flexibility index (Phi) is 13.2. The number of carbonyl (C=O) groups is 2. The Morgan fingerprint density at radius 2 is 1.29 bits per heavy atom. The van der Waals surface area contributed by atoms with E-state index in [1.54, 1.807) is 0 Å². The van der Waals surface area contributed by atoms with Gasteiger partial charge < -0.3 is 27.7 Å². The molecule has 6 fully saturated rings. The summed E-state index contributed by atoms with van der Waals surface area (Å²) in [6.45, 7) is 11.9. The number of fused-ring (bicyclic) bond motifs is 1. The largest absolute Gasteiger partial charge is 0.600 e. The van der Waals surface area contributed by atoms with Gasteiger partial charge in [0.05, 0.1) is 23.9 Å². The Labute approximate surface area is 310 Å². The molecule has 3 saturated carbocycles. The van der Waals surface area contributed by atoms with Gasteiger partial charge in [0, 0.05) is 0 Å². The highest BCUT2D eigenvalue weighted by atomic mass is 16.7. The first-order valence-electron chi connectivity index (χ1n) is 20.3. The van der Waals surface area contributed by atoms with E-state index in [0.29, 0.717) is 22.7 Å². The van der Waals surface area contributed by atoms with Gasteiger partial charge in [-0.15, -0.1) is 0 Å². The third-order valence-corrected chi connectivity index (χ3v) is 13.9. The molecule has 6 aliphatic rings. The van der Waals surface area contributed by atoms with Crippen LogP contribution in [0.1, 0.15) is 151 Å². The van der Waals surface area contributed by atoms with Crippen LogP contribution in [0, 0.1) is 11.8 Å². The lowest BCUT2D eigenvalue weighted by molar-refractivity contribution is -0.846. The monoisotopic (exact) mass is 710 g/mol. The van der Waals surface area contributed by atoms with Crippen LogP contribution in [0.4, 0.5) is 0 Å². The topological polar surface area (TPSA) is 80.3 Å². The zero-order valence-electron chi connectivity index (χ0n) is 32.0. The van der Waals surface area contributed by atoms with Crippen molar-refractivity contribution in [3.05, 3.63) is 35.9 Å². The lowest BCUT2D eigenvalue weighted by Gasteiger charge is -2.52. The molecule has 8 nitrogen and oxygen atoms in total. The van der Waals surface area contributed by atoms with Gasteiger partial charge in [-0.05, 0) is 82.4 Å². The highest BCUT2D eigenvalue weighted by molar-refractivity contribution is 6.67. The van der Waals surface area contributed by atoms with Crippen molar-refractivity contribution in [2.75, 3.05) is 13.1 Å². The Balaban J connectivity index is 0.000000226. The number of quaternary nitrogens is 1. The maximum atomic E-state index is 12.8. The molecular weight excluding hydrogens is 640 g/mol. The fourth-order valence-corrected chi connectivity index (χ4v) is 10.5. The molecule has 0 amide bonds. The summed E-state index contributed by atoms with van der Waals surface area (Å²) in [6.07, 6.45) is 18.5. The van der Waals surface area contributed by atoms with Gasteiger partial charge in [0.15, 0.2) is 0 Å². The summed E-state index contributed by atoms with van der Waals surface area (Å²) < 4.78 is 31.2. The molecule has 286 valence electrons. The number of hydrogen-bond donors (Lipinski definition) is 0. The zero-order valence-corrected chi connectivity index (χ0v) is 32.0. The van der Waals surface area contributed by atoms with Crippen molar-refractivity contribution in [1.29, 1.82) is 0 Å². The van der Waals surface area contributed by atoms with Crippen LogP contribution in [0.3, 0.4) is 0 Å². The Hall–Kier alpha value is -1.87. The number of ether oxygens (including phenoxy) is 1. The van der Waals surface area contributed by atoms with E-state index < -0.39 is 6.69 Å². The first-order valence-corrected chi connectivity index (χ1v) is 20.3. The number of nitrogens with zero attached hydrogens (tertiary/aromatic N) is 1. The van der Waals surface area contributed by atoms with E-state index in [1.807, 2.05) is 18.2 Å². The molecule has 7 rings (SSSR count). The van der Waals surface area contributed by atoms with Crippen molar-refractivity contribution >= 4 is 25.7 Å². The van der Waals surface area contributed by atoms with E-state index >= 15 is 0 Å². The van der Waals surface area contributed by atoms with Gasteiger partial charge in [0.2, 0.25) is 0 Å². The second kappa shape index (κ2) is 16.7. The molecule has 3 aliphatic heterocycles. The molecule has 0 spiro atoms. The van der Waals surface area contributed by atoms with Crippen molar-refractivity contribution in [2.45, 2.75) is 187 Å². The van der Waals surface area contributed by atoms with Gasteiger partial charge in [0.25, 0.3) is 0 Å². The highest BCUT2D eigenvalue weighted by Gasteiger charge is 2.72. The summed E-state index contributed by atoms with van der Waals surface area (Å²) in [6, 6.07) is 10.3. The van der Waals surface area contributed by atoms with Crippen molar-refractivity contribution in [2.24, 2.45) is 11.8 Å².